The lowest BCUT2D eigenvalue weighted by molar-refractivity contribution is 0.415. The molecule has 1 aromatic heterocycles. The van der Waals surface area contributed by atoms with Crippen molar-refractivity contribution in [1.82, 2.24) is 0 Å². The van der Waals surface area contributed by atoms with Gasteiger partial charge in [-0.15, -0.1) is 0 Å². The lowest BCUT2D eigenvalue weighted by atomic mass is 10.2. The van der Waals surface area contributed by atoms with Crippen LogP contribution in [0, 0.1) is 0 Å². The zero-order chi connectivity index (χ0) is 17.9. The van der Waals surface area contributed by atoms with Crippen molar-refractivity contribution in [2.45, 2.75) is 0 Å². The second kappa shape index (κ2) is 6.84. The van der Waals surface area contributed by atoms with E-state index in [9.17, 15) is 0 Å². The fourth-order valence-electron chi connectivity index (χ4n) is 2.94. The molecular weight excluding hydrogens is 326 g/mol. The number of methoxy groups -OCH3 is 2. The normalized spacial score (nSPS) is 10.7. The molecule has 0 N–H and O–H groups in total. The smallest absolute Gasteiger partial charge is 0.205 e. The Morgan fingerprint density at radius 2 is 1.23 bits per heavy atom. The minimum atomic E-state index is 0.751. The van der Waals surface area contributed by atoms with Gasteiger partial charge in [-0.05, 0) is 54.6 Å². The molecule has 0 radical (unpaired) electrons. The molecular formula is C22H19NO3. The highest BCUT2D eigenvalue weighted by molar-refractivity contribution is 5.85. The average molecular weight is 345 g/mol. The number of para-hydroxylation sites is 1. The molecule has 0 saturated heterocycles. The molecule has 4 heteroatoms. The molecule has 0 fully saturated rings. The molecule has 130 valence electrons. The van der Waals surface area contributed by atoms with Gasteiger partial charge >= 0.3 is 0 Å². The molecule has 1 heterocycles. The zero-order valence-electron chi connectivity index (χ0n) is 14.7. The predicted octanol–water partition coefficient (Wildman–Crippen LogP) is 5.92. The van der Waals surface area contributed by atoms with E-state index in [0.717, 1.165) is 39.7 Å². The summed E-state index contributed by atoms with van der Waals surface area (Å²) in [5, 5.41) is 1.06. The summed E-state index contributed by atoms with van der Waals surface area (Å²) < 4.78 is 16.7. The second-order valence-corrected chi connectivity index (χ2v) is 5.85. The summed E-state index contributed by atoms with van der Waals surface area (Å²) in [7, 11) is 3.32. The Hall–Kier alpha value is -3.40. The molecule has 0 saturated carbocycles. The Bertz CT molecular complexity index is 923. The molecule has 0 amide bonds. The van der Waals surface area contributed by atoms with Crippen LogP contribution in [0.1, 0.15) is 0 Å². The fourth-order valence-corrected chi connectivity index (χ4v) is 2.94. The van der Waals surface area contributed by atoms with Gasteiger partial charge < -0.3 is 13.9 Å². The van der Waals surface area contributed by atoms with E-state index in [1.54, 1.807) is 14.2 Å². The summed E-state index contributed by atoms with van der Waals surface area (Å²) in [4.78, 5) is 2.07. The Morgan fingerprint density at radius 1 is 0.692 bits per heavy atom. The minimum Gasteiger partial charge on any atom is -0.497 e. The van der Waals surface area contributed by atoms with Crippen LogP contribution < -0.4 is 14.4 Å². The van der Waals surface area contributed by atoms with E-state index in [1.807, 2.05) is 78.9 Å². The Morgan fingerprint density at radius 3 is 1.73 bits per heavy atom. The zero-order valence-corrected chi connectivity index (χ0v) is 14.7. The van der Waals surface area contributed by atoms with E-state index in [2.05, 4.69) is 4.90 Å². The third-order valence-corrected chi connectivity index (χ3v) is 4.29. The van der Waals surface area contributed by atoms with Crippen molar-refractivity contribution in [2.75, 3.05) is 19.1 Å². The summed E-state index contributed by atoms with van der Waals surface area (Å²) in [6.07, 6.45) is 0. The summed E-state index contributed by atoms with van der Waals surface area (Å²) in [5.41, 5.74) is 2.82. The van der Waals surface area contributed by atoms with Gasteiger partial charge in [0, 0.05) is 22.8 Å². The highest BCUT2D eigenvalue weighted by Gasteiger charge is 2.17. The Labute approximate surface area is 152 Å². The summed E-state index contributed by atoms with van der Waals surface area (Å²) >= 11 is 0. The van der Waals surface area contributed by atoms with Crippen molar-refractivity contribution < 1.29 is 13.9 Å². The fraction of sp³-hybridized carbons (Fsp3) is 0.0909. The maximum absolute atomic E-state index is 6.12. The molecule has 26 heavy (non-hydrogen) atoms. The first-order chi connectivity index (χ1) is 12.8. The number of hydrogen-bond acceptors (Lipinski definition) is 4. The molecule has 3 aromatic carbocycles. The van der Waals surface area contributed by atoms with Gasteiger partial charge in [-0.2, -0.15) is 0 Å². The quantitative estimate of drug-likeness (QED) is 0.450. The van der Waals surface area contributed by atoms with Gasteiger partial charge in [-0.25, -0.2) is 0 Å². The van der Waals surface area contributed by atoms with Crippen molar-refractivity contribution in [3.05, 3.63) is 78.9 Å². The van der Waals surface area contributed by atoms with E-state index in [-0.39, 0.29) is 0 Å². The maximum atomic E-state index is 6.12. The van der Waals surface area contributed by atoms with Crippen molar-refractivity contribution in [2.24, 2.45) is 0 Å². The highest BCUT2D eigenvalue weighted by atomic mass is 16.5. The Balaban J connectivity index is 1.84. The summed E-state index contributed by atoms with van der Waals surface area (Å²) in [5.74, 6) is 2.38. The van der Waals surface area contributed by atoms with Crippen LogP contribution in [-0.2, 0) is 0 Å². The van der Waals surface area contributed by atoms with Gasteiger partial charge in [0.2, 0.25) is 5.88 Å². The standard InChI is InChI=1S/C22H19NO3/c1-24-19-11-7-17(8-12-19)23(18-9-13-20(25-2)14-10-18)22-15-16-5-3-4-6-21(16)26-22/h3-15H,1-2H3. The molecule has 4 rings (SSSR count). The first-order valence-corrected chi connectivity index (χ1v) is 8.35. The third-order valence-electron chi connectivity index (χ3n) is 4.29. The van der Waals surface area contributed by atoms with Crippen LogP contribution >= 0.6 is 0 Å². The van der Waals surface area contributed by atoms with E-state index < -0.39 is 0 Å². The van der Waals surface area contributed by atoms with Crippen LogP contribution in [0.5, 0.6) is 11.5 Å². The number of furan rings is 1. The number of anilines is 3. The van der Waals surface area contributed by atoms with Crippen LogP contribution in [0.25, 0.3) is 11.0 Å². The van der Waals surface area contributed by atoms with Gasteiger partial charge in [0.15, 0.2) is 0 Å². The molecule has 0 bridgehead atoms. The first-order valence-electron chi connectivity index (χ1n) is 8.35. The van der Waals surface area contributed by atoms with Gasteiger partial charge in [0.1, 0.15) is 17.1 Å². The first kappa shape index (κ1) is 16.1. The number of benzene rings is 3. The molecule has 0 aliphatic carbocycles. The monoisotopic (exact) mass is 345 g/mol. The average Bonchev–Trinajstić information content (AvgIpc) is 3.13. The van der Waals surface area contributed by atoms with E-state index in [0.29, 0.717) is 0 Å². The van der Waals surface area contributed by atoms with E-state index in [1.165, 1.54) is 0 Å². The van der Waals surface area contributed by atoms with Crippen LogP contribution in [0.4, 0.5) is 17.3 Å². The SMILES string of the molecule is COc1ccc(N(c2ccc(OC)cc2)c2cc3ccccc3o2)cc1. The molecule has 0 aliphatic rings. The van der Waals surface area contributed by atoms with Gasteiger partial charge in [-0.3, -0.25) is 4.90 Å². The number of nitrogens with zero attached hydrogens (tertiary/aromatic N) is 1. The number of rotatable bonds is 5. The van der Waals surface area contributed by atoms with Crippen LogP contribution in [0.15, 0.2) is 83.3 Å². The van der Waals surface area contributed by atoms with Crippen molar-refractivity contribution in [3.63, 3.8) is 0 Å². The predicted molar refractivity (Wildman–Crippen MR) is 104 cm³/mol. The Kier molecular flexibility index (Phi) is 4.23. The van der Waals surface area contributed by atoms with Gasteiger partial charge in [0.05, 0.1) is 14.2 Å². The number of hydrogen-bond donors (Lipinski definition) is 0. The highest BCUT2D eigenvalue weighted by Crippen LogP contribution is 2.38. The largest absolute Gasteiger partial charge is 0.497 e. The van der Waals surface area contributed by atoms with Crippen LogP contribution in [-0.4, -0.2) is 14.2 Å². The molecule has 0 unspecified atom stereocenters. The molecule has 0 atom stereocenters. The number of ether oxygens (including phenoxy) is 2. The van der Waals surface area contributed by atoms with Crippen molar-refractivity contribution in [1.29, 1.82) is 0 Å². The lowest BCUT2D eigenvalue weighted by Crippen LogP contribution is -2.08. The van der Waals surface area contributed by atoms with E-state index in [4.69, 9.17) is 13.9 Å². The van der Waals surface area contributed by atoms with Crippen LogP contribution in [0.3, 0.4) is 0 Å². The third kappa shape index (κ3) is 2.97. The summed E-state index contributed by atoms with van der Waals surface area (Å²) in [6, 6.07) is 25.8. The van der Waals surface area contributed by atoms with Crippen molar-refractivity contribution >= 4 is 28.2 Å². The van der Waals surface area contributed by atoms with Crippen LogP contribution in [0.2, 0.25) is 0 Å². The van der Waals surface area contributed by atoms with Gasteiger partial charge in [-0.1, -0.05) is 18.2 Å². The summed E-state index contributed by atoms with van der Waals surface area (Å²) in [6.45, 7) is 0. The molecule has 0 spiro atoms. The lowest BCUT2D eigenvalue weighted by Gasteiger charge is -2.22. The minimum absolute atomic E-state index is 0.751. The van der Waals surface area contributed by atoms with Gasteiger partial charge in [0.25, 0.3) is 0 Å². The molecule has 0 aliphatic heterocycles. The molecule has 4 nitrogen and oxygen atoms in total. The van der Waals surface area contributed by atoms with Crippen molar-refractivity contribution in [3.8, 4) is 11.5 Å². The van der Waals surface area contributed by atoms with E-state index >= 15 is 0 Å². The number of fused-ring (bicyclic) bond motifs is 1. The molecule has 4 aromatic rings. The topological polar surface area (TPSA) is 34.8 Å². The second-order valence-electron chi connectivity index (χ2n) is 5.85. The maximum Gasteiger partial charge on any atom is 0.205 e.